The Labute approximate surface area is 124 Å². The van der Waals surface area contributed by atoms with E-state index in [1.807, 2.05) is 27.7 Å². The molecule has 0 aliphatic heterocycles. The number of nitrogens with one attached hydrogen (secondary N) is 1. The Morgan fingerprint density at radius 2 is 1.90 bits per heavy atom. The van der Waals surface area contributed by atoms with E-state index in [0.717, 1.165) is 0 Å². The van der Waals surface area contributed by atoms with Gasteiger partial charge in [0.15, 0.2) is 0 Å². The van der Waals surface area contributed by atoms with Gasteiger partial charge in [-0.25, -0.2) is 13.6 Å². The van der Waals surface area contributed by atoms with Crippen LogP contribution in [0.4, 0.5) is 0 Å². The monoisotopic (exact) mass is 318 g/mol. The quantitative estimate of drug-likeness (QED) is 0.894. The summed E-state index contributed by atoms with van der Waals surface area (Å²) in [6.07, 6.45) is 0. The van der Waals surface area contributed by atoms with Gasteiger partial charge in [0.25, 0.3) is 5.91 Å². The van der Waals surface area contributed by atoms with Crippen molar-refractivity contribution in [1.82, 2.24) is 5.32 Å². The number of carbonyl (C=O) groups is 1. The molecule has 20 heavy (non-hydrogen) atoms. The Balaban J connectivity index is 3.08. The van der Waals surface area contributed by atoms with Crippen molar-refractivity contribution < 1.29 is 13.2 Å². The summed E-state index contributed by atoms with van der Waals surface area (Å²) in [6, 6.07) is 3.91. The molecule has 0 fully saturated rings. The Morgan fingerprint density at radius 3 is 2.35 bits per heavy atom. The van der Waals surface area contributed by atoms with E-state index < -0.39 is 10.0 Å². The van der Waals surface area contributed by atoms with Crippen LogP contribution in [0.3, 0.4) is 0 Å². The van der Waals surface area contributed by atoms with Crippen LogP contribution in [0.25, 0.3) is 0 Å². The van der Waals surface area contributed by atoms with Gasteiger partial charge in [-0.15, -0.1) is 0 Å². The topological polar surface area (TPSA) is 89.3 Å². The number of nitrogens with two attached hydrogens (primary N) is 1. The van der Waals surface area contributed by atoms with Gasteiger partial charge in [0.1, 0.15) is 4.90 Å². The third kappa shape index (κ3) is 4.19. The van der Waals surface area contributed by atoms with E-state index in [1.54, 1.807) is 0 Å². The Bertz CT molecular complexity index is 621. The molecule has 0 bridgehead atoms. The number of halogens is 1. The van der Waals surface area contributed by atoms with Gasteiger partial charge in [-0.2, -0.15) is 0 Å². The summed E-state index contributed by atoms with van der Waals surface area (Å²) in [5.74, 6) is -0.367. The van der Waals surface area contributed by atoms with E-state index in [-0.39, 0.29) is 32.8 Å². The molecule has 3 N–H and O–H groups in total. The lowest BCUT2D eigenvalue weighted by Gasteiger charge is -2.28. The molecule has 0 aliphatic carbocycles. The third-order valence-corrected chi connectivity index (χ3v) is 4.54. The van der Waals surface area contributed by atoms with Crippen molar-refractivity contribution in [3.63, 3.8) is 0 Å². The highest BCUT2D eigenvalue weighted by Crippen LogP contribution is 2.22. The summed E-state index contributed by atoms with van der Waals surface area (Å²) in [7, 11) is -3.96. The number of sulfonamides is 1. The van der Waals surface area contributed by atoms with E-state index >= 15 is 0 Å². The average Bonchev–Trinajstić information content (AvgIpc) is 2.26. The molecule has 0 saturated heterocycles. The van der Waals surface area contributed by atoms with Crippen molar-refractivity contribution in [2.24, 2.45) is 10.6 Å². The second-order valence-electron chi connectivity index (χ2n) is 5.75. The summed E-state index contributed by atoms with van der Waals surface area (Å²) in [5.41, 5.74) is 0.0970. The first-order valence-corrected chi connectivity index (χ1v) is 7.98. The predicted molar refractivity (Wildman–Crippen MR) is 79.2 cm³/mol. The van der Waals surface area contributed by atoms with Crippen molar-refractivity contribution >= 4 is 27.5 Å². The zero-order valence-corrected chi connectivity index (χ0v) is 13.5. The molecule has 0 saturated carbocycles. The number of hydrogen-bond donors (Lipinski definition) is 2. The van der Waals surface area contributed by atoms with Crippen molar-refractivity contribution in [1.29, 1.82) is 0 Å². The van der Waals surface area contributed by atoms with Gasteiger partial charge in [-0.1, -0.05) is 32.4 Å². The molecule has 0 heterocycles. The van der Waals surface area contributed by atoms with E-state index in [9.17, 15) is 13.2 Å². The molecular formula is C13H19ClN2O3S. The van der Waals surface area contributed by atoms with Gasteiger partial charge in [-0.05, 0) is 30.5 Å². The molecule has 1 atom stereocenters. The average molecular weight is 319 g/mol. The third-order valence-electron chi connectivity index (χ3n) is 3.15. The fourth-order valence-corrected chi connectivity index (χ4v) is 2.43. The van der Waals surface area contributed by atoms with Crippen molar-refractivity contribution in [3.8, 4) is 0 Å². The van der Waals surface area contributed by atoms with Crippen LogP contribution in [0.1, 0.15) is 38.1 Å². The zero-order chi connectivity index (χ0) is 15.7. The molecule has 0 radical (unpaired) electrons. The van der Waals surface area contributed by atoms with Crippen LogP contribution in [0.15, 0.2) is 23.1 Å². The van der Waals surface area contributed by atoms with Crippen LogP contribution in [0, 0.1) is 5.41 Å². The lowest BCUT2D eigenvalue weighted by Crippen LogP contribution is -2.41. The predicted octanol–water partition coefficient (Wildman–Crippen LogP) is 2.15. The van der Waals surface area contributed by atoms with Gasteiger partial charge in [-0.3, -0.25) is 4.79 Å². The number of rotatable bonds is 3. The van der Waals surface area contributed by atoms with Gasteiger partial charge in [0, 0.05) is 11.6 Å². The number of carbonyl (C=O) groups excluding carboxylic acids is 1. The first kappa shape index (κ1) is 16.9. The van der Waals surface area contributed by atoms with E-state index in [0.29, 0.717) is 0 Å². The molecule has 1 aromatic rings. The first-order valence-electron chi connectivity index (χ1n) is 6.06. The highest BCUT2D eigenvalue weighted by atomic mass is 35.5. The molecule has 112 valence electrons. The molecule has 7 heteroatoms. The van der Waals surface area contributed by atoms with E-state index in [2.05, 4.69) is 5.32 Å². The molecule has 1 unspecified atom stereocenters. The Morgan fingerprint density at radius 1 is 1.35 bits per heavy atom. The van der Waals surface area contributed by atoms with Crippen molar-refractivity contribution in [2.45, 2.75) is 38.6 Å². The van der Waals surface area contributed by atoms with Gasteiger partial charge >= 0.3 is 0 Å². The maximum Gasteiger partial charge on any atom is 0.251 e. The summed E-state index contributed by atoms with van der Waals surface area (Å²) < 4.78 is 22.7. The van der Waals surface area contributed by atoms with Crippen LogP contribution in [0.5, 0.6) is 0 Å². The van der Waals surface area contributed by atoms with Gasteiger partial charge in [0.05, 0.1) is 5.02 Å². The number of amides is 1. The second kappa shape index (κ2) is 5.71. The normalized spacial score (nSPS) is 13.9. The number of benzene rings is 1. The first-order chi connectivity index (χ1) is 8.93. The smallest absolute Gasteiger partial charge is 0.251 e. The van der Waals surface area contributed by atoms with Crippen molar-refractivity contribution in [2.75, 3.05) is 0 Å². The summed E-state index contributed by atoms with van der Waals surface area (Å²) in [5, 5.41) is 7.86. The van der Waals surface area contributed by atoms with Crippen LogP contribution < -0.4 is 10.5 Å². The summed E-state index contributed by atoms with van der Waals surface area (Å²) >= 11 is 5.77. The highest BCUT2D eigenvalue weighted by molar-refractivity contribution is 7.89. The van der Waals surface area contributed by atoms with Crippen LogP contribution in [-0.2, 0) is 10.0 Å². The zero-order valence-electron chi connectivity index (χ0n) is 11.9. The second-order valence-corrected chi connectivity index (χ2v) is 7.69. The highest BCUT2D eigenvalue weighted by Gasteiger charge is 2.23. The molecule has 5 nitrogen and oxygen atoms in total. The minimum Gasteiger partial charge on any atom is -0.349 e. The van der Waals surface area contributed by atoms with Crippen molar-refractivity contribution in [3.05, 3.63) is 28.8 Å². The Kier molecular flexibility index (Phi) is 4.84. The van der Waals surface area contributed by atoms with Gasteiger partial charge in [0.2, 0.25) is 10.0 Å². The fraction of sp³-hybridized carbons (Fsp3) is 0.462. The maximum absolute atomic E-state index is 12.1. The number of primary sulfonamides is 1. The molecule has 0 spiro atoms. The lowest BCUT2D eigenvalue weighted by molar-refractivity contribution is 0.0910. The molecule has 0 aromatic heterocycles. The SMILES string of the molecule is CC(NC(=O)c1ccc(Cl)c(S(N)(=O)=O)c1)C(C)(C)C. The molecule has 0 aliphatic rings. The summed E-state index contributed by atoms with van der Waals surface area (Å²) in [4.78, 5) is 11.8. The molecular weight excluding hydrogens is 300 g/mol. The van der Waals surface area contributed by atoms with E-state index in [4.69, 9.17) is 16.7 Å². The standard InChI is InChI=1S/C13H19ClN2O3S/c1-8(13(2,3)4)16-12(17)9-5-6-10(14)11(7-9)20(15,18)19/h5-8H,1-4H3,(H,16,17)(H2,15,18,19). The molecule has 1 rings (SSSR count). The van der Waals surface area contributed by atoms with Gasteiger partial charge < -0.3 is 5.32 Å². The minimum atomic E-state index is -3.96. The maximum atomic E-state index is 12.1. The fourth-order valence-electron chi connectivity index (χ4n) is 1.36. The lowest BCUT2D eigenvalue weighted by atomic mass is 9.88. The largest absolute Gasteiger partial charge is 0.349 e. The number of hydrogen-bond acceptors (Lipinski definition) is 3. The van der Waals surface area contributed by atoms with Crippen LogP contribution in [-0.4, -0.2) is 20.4 Å². The summed E-state index contributed by atoms with van der Waals surface area (Å²) in [6.45, 7) is 7.87. The molecule has 1 aromatic carbocycles. The van der Waals surface area contributed by atoms with Crippen LogP contribution >= 0.6 is 11.6 Å². The Hall–Kier alpha value is -1.11. The molecule has 1 amide bonds. The van der Waals surface area contributed by atoms with Crippen LogP contribution in [0.2, 0.25) is 5.02 Å². The van der Waals surface area contributed by atoms with E-state index in [1.165, 1.54) is 18.2 Å². The minimum absolute atomic E-state index is 0.00656.